The van der Waals surface area contributed by atoms with Crippen LogP contribution in [0.1, 0.15) is 5.56 Å². The maximum atomic E-state index is 10.0. The maximum absolute atomic E-state index is 10.0. The predicted molar refractivity (Wildman–Crippen MR) is 69.1 cm³/mol. The van der Waals surface area contributed by atoms with Gasteiger partial charge >= 0.3 is 0 Å². The number of hydrogen-bond donors (Lipinski definition) is 0. The molecule has 0 radical (unpaired) electrons. The van der Waals surface area contributed by atoms with Crippen LogP contribution in [0.25, 0.3) is 0 Å². The van der Waals surface area contributed by atoms with Gasteiger partial charge in [0.15, 0.2) is 0 Å². The third kappa shape index (κ3) is 5.13. The van der Waals surface area contributed by atoms with Crippen LogP contribution in [-0.4, -0.2) is 4.92 Å². The highest BCUT2D eigenvalue weighted by atomic mass is 35.5. The Morgan fingerprint density at radius 2 is 1.41 bits per heavy atom. The van der Waals surface area contributed by atoms with Crippen LogP contribution in [0.15, 0.2) is 60.7 Å². The molecule has 0 aromatic heterocycles. The molecular weight excluding hydrogens is 238 g/mol. The summed E-state index contributed by atoms with van der Waals surface area (Å²) in [4.78, 5) is 9.59. The summed E-state index contributed by atoms with van der Waals surface area (Å²) in [5.74, 6) is 0.612. The fourth-order valence-corrected chi connectivity index (χ4v) is 1.29. The van der Waals surface area contributed by atoms with Gasteiger partial charge in [-0.15, -0.1) is 11.6 Å². The van der Waals surface area contributed by atoms with Crippen LogP contribution in [0.3, 0.4) is 0 Å². The second-order valence-corrected chi connectivity index (χ2v) is 3.48. The number of nitrogens with zero attached hydrogens (tertiary/aromatic N) is 1. The van der Waals surface area contributed by atoms with E-state index in [0.29, 0.717) is 5.88 Å². The third-order valence-corrected chi connectivity index (χ3v) is 2.27. The second kappa shape index (κ2) is 7.41. The van der Waals surface area contributed by atoms with Gasteiger partial charge in [0.2, 0.25) is 0 Å². The van der Waals surface area contributed by atoms with Crippen molar-refractivity contribution in [3.05, 3.63) is 76.3 Å². The Bertz CT molecular complexity index is 445. The molecule has 0 spiro atoms. The van der Waals surface area contributed by atoms with Crippen molar-refractivity contribution in [3.63, 3.8) is 0 Å². The average molecular weight is 250 g/mol. The molecule has 88 valence electrons. The summed E-state index contributed by atoms with van der Waals surface area (Å²) in [6, 6.07) is 17.9. The minimum absolute atomic E-state index is 0.137. The van der Waals surface area contributed by atoms with Crippen molar-refractivity contribution in [1.29, 1.82) is 0 Å². The van der Waals surface area contributed by atoms with E-state index in [4.69, 9.17) is 11.6 Å². The van der Waals surface area contributed by atoms with Gasteiger partial charge in [-0.1, -0.05) is 48.5 Å². The van der Waals surface area contributed by atoms with Crippen LogP contribution >= 0.6 is 11.6 Å². The average Bonchev–Trinajstić information content (AvgIpc) is 2.41. The summed E-state index contributed by atoms with van der Waals surface area (Å²) >= 11 is 5.53. The smallest absolute Gasteiger partial charge is 0.258 e. The van der Waals surface area contributed by atoms with Crippen molar-refractivity contribution < 1.29 is 4.92 Å². The summed E-state index contributed by atoms with van der Waals surface area (Å²) < 4.78 is 0. The lowest BCUT2D eigenvalue weighted by atomic mass is 10.2. The molecule has 0 atom stereocenters. The van der Waals surface area contributed by atoms with Crippen LogP contribution in [0.5, 0.6) is 0 Å². The van der Waals surface area contributed by atoms with Gasteiger partial charge in [-0.25, -0.2) is 0 Å². The molecule has 0 amide bonds. The standard InChI is InChI=1S/C7H7Cl.C6H5NO2/c8-6-7-4-2-1-3-5-7;8-7(9)6-4-2-1-3-5-6/h1-5H,6H2;1-5H. The van der Waals surface area contributed by atoms with Crippen LogP contribution < -0.4 is 0 Å². The molecule has 4 heteroatoms. The van der Waals surface area contributed by atoms with E-state index in [2.05, 4.69) is 0 Å². The summed E-state index contributed by atoms with van der Waals surface area (Å²) in [5, 5.41) is 10.0. The van der Waals surface area contributed by atoms with E-state index in [1.807, 2.05) is 30.3 Å². The molecule has 0 N–H and O–H groups in total. The third-order valence-electron chi connectivity index (χ3n) is 1.96. The Kier molecular flexibility index (Phi) is 5.75. The molecule has 0 unspecified atom stereocenters. The lowest BCUT2D eigenvalue weighted by Gasteiger charge is -1.88. The predicted octanol–water partition coefficient (Wildman–Crippen LogP) is 4.02. The summed E-state index contributed by atoms with van der Waals surface area (Å²) in [6.07, 6.45) is 0. The highest BCUT2D eigenvalue weighted by Gasteiger charge is 1.98. The highest BCUT2D eigenvalue weighted by molar-refractivity contribution is 6.17. The minimum Gasteiger partial charge on any atom is -0.258 e. The molecule has 0 heterocycles. The van der Waals surface area contributed by atoms with Crippen LogP contribution in [-0.2, 0) is 5.88 Å². The molecule has 2 aromatic rings. The van der Waals surface area contributed by atoms with Gasteiger partial charge in [0.1, 0.15) is 0 Å². The molecule has 17 heavy (non-hydrogen) atoms. The second-order valence-electron chi connectivity index (χ2n) is 3.21. The first-order valence-electron chi connectivity index (χ1n) is 5.03. The minimum atomic E-state index is -0.417. The highest BCUT2D eigenvalue weighted by Crippen LogP contribution is 2.06. The Hall–Kier alpha value is -1.87. The Morgan fingerprint density at radius 3 is 1.71 bits per heavy atom. The number of benzene rings is 2. The monoisotopic (exact) mass is 249 g/mol. The summed E-state index contributed by atoms with van der Waals surface area (Å²) in [7, 11) is 0. The quantitative estimate of drug-likeness (QED) is 0.458. The lowest BCUT2D eigenvalue weighted by molar-refractivity contribution is -0.384. The molecule has 0 saturated carbocycles. The molecular formula is C13H12ClNO2. The fraction of sp³-hybridized carbons (Fsp3) is 0.0769. The zero-order valence-corrected chi connectivity index (χ0v) is 9.88. The molecule has 3 nitrogen and oxygen atoms in total. The summed E-state index contributed by atoms with van der Waals surface area (Å²) in [5.41, 5.74) is 1.31. The van der Waals surface area contributed by atoms with Crippen molar-refractivity contribution in [2.24, 2.45) is 0 Å². The molecule has 2 rings (SSSR count). The van der Waals surface area contributed by atoms with Crippen LogP contribution in [0.4, 0.5) is 5.69 Å². The van der Waals surface area contributed by atoms with Gasteiger partial charge in [0, 0.05) is 18.0 Å². The number of rotatable bonds is 2. The normalized spacial score (nSPS) is 9.00. The van der Waals surface area contributed by atoms with E-state index in [1.54, 1.807) is 18.2 Å². The van der Waals surface area contributed by atoms with Crippen molar-refractivity contribution in [1.82, 2.24) is 0 Å². The molecule has 2 aromatic carbocycles. The largest absolute Gasteiger partial charge is 0.269 e. The maximum Gasteiger partial charge on any atom is 0.269 e. The van der Waals surface area contributed by atoms with Crippen LogP contribution in [0.2, 0.25) is 0 Å². The number of nitro benzene ring substituents is 1. The molecule has 0 aliphatic carbocycles. The van der Waals surface area contributed by atoms with E-state index < -0.39 is 4.92 Å². The number of hydrogen-bond acceptors (Lipinski definition) is 2. The van der Waals surface area contributed by atoms with Gasteiger partial charge < -0.3 is 0 Å². The molecule has 0 fully saturated rings. The van der Waals surface area contributed by atoms with E-state index >= 15 is 0 Å². The lowest BCUT2D eigenvalue weighted by Crippen LogP contribution is -1.84. The van der Waals surface area contributed by atoms with Crippen molar-refractivity contribution in [2.75, 3.05) is 0 Å². The number of halogens is 1. The zero-order valence-electron chi connectivity index (χ0n) is 9.12. The van der Waals surface area contributed by atoms with E-state index in [1.165, 1.54) is 17.7 Å². The number of para-hydroxylation sites is 1. The van der Waals surface area contributed by atoms with Gasteiger partial charge in [0.25, 0.3) is 5.69 Å². The first-order valence-corrected chi connectivity index (χ1v) is 5.57. The van der Waals surface area contributed by atoms with Gasteiger partial charge in [-0.3, -0.25) is 10.1 Å². The van der Waals surface area contributed by atoms with Crippen molar-refractivity contribution in [3.8, 4) is 0 Å². The zero-order chi connectivity index (χ0) is 12.5. The van der Waals surface area contributed by atoms with Gasteiger partial charge in [0.05, 0.1) is 4.92 Å². The number of nitro groups is 1. The fourth-order valence-electron chi connectivity index (χ4n) is 1.12. The molecule has 0 aliphatic heterocycles. The molecule has 0 saturated heterocycles. The first kappa shape index (κ1) is 13.2. The number of non-ortho nitro benzene ring substituents is 1. The van der Waals surface area contributed by atoms with Crippen LogP contribution in [0, 0.1) is 10.1 Å². The SMILES string of the molecule is ClCc1ccccc1.O=[N+]([O-])c1ccccc1. The Morgan fingerprint density at radius 1 is 0.941 bits per heavy atom. The van der Waals surface area contributed by atoms with E-state index in [9.17, 15) is 10.1 Å². The Balaban J connectivity index is 0.000000171. The summed E-state index contributed by atoms with van der Waals surface area (Å²) in [6.45, 7) is 0. The van der Waals surface area contributed by atoms with Gasteiger partial charge in [-0.2, -0.15) is 0 Å². The van der Waals surface area contributed by atoms with E-state index in [-0.39, 0.29) is 5.69 Å². The number of alkyl halides is 1. The van der Waals surface area contributed by atoms with E-state index in [0.717, 1.165) is 0 Å². The first-order chi connectivity index (χ1) is 8.24. The van der Waals surface area contributed by atoms with Gasteiger partial charge in [-0.05, 0) is 5.56 Å². The molecule has 0 aliphatic rings. The molecule has 0 bridgehead atoms. The van der Waals surface area contributed by atoms with Crippen molar-refractivity contribution >= 4 is 17.3 Å². The van der Waals surface area contributed by atoms with Crippen molar-refractivity contribution in [2.45, 2.75) is 5.88 Å². The Labute approximate surface area is 105 Å². The topological polar surface area (TPSA) is 43.1 Å².